The first kappa shape index (κ1) is 21.5. The maximum absolute atomic E-state index is 12.7. The Balaban J connectivity index is 1.44. The van der Waals surface area contributed by atoms with Gasteiger partial charge in [0.1, 0.15) is 0 Å². The van der Waals surface area contributed by atoms with Crippen molar-refractivity contribution in [2.24, 2.45) is 0 Å². The van der Waals surface area contributed by atoms with Gasteiger partial charge in [0, 0.05) is 42.5 Å². The topological polar surface area (TPSA) is 44.4 Å². The van der Waals surface area contributed by atoms with Gasteiger partial charge in [-0.05, 0) is 42.3 Å². The monoisotopic (exact) mass is 423 g/mol. The van der Waals surface area contributed by atoms with E-state index in [1.807, 2.05) is 36.0 Å². The third-order valence-electron chi connectivity index (χ3n) is 4.70. The summed E-state index contributed by atoms with van der Waals surface area (Å²) in [5.41, 5.74) is 1.38. The van der Waals surface area contributed by atoms with Crippen molar-refractivity contribution in [3.05, 3.63) is 59.7 Å². The second-order valence-electron chi connectivity index (χ2n) is 6.88. The molecule has 0 unspecified atom stereocenters. The summed E-state index contributed by atoms with van der Waals surface area (Å²) in [5, 5.41) is 5.48. The van der Waals surface area contributed by atoms with Crippen LogP contribution in [0.2, 0.25) is 0 Å². The molecule has 2 aromatic rings. The van der Waals surface area contributed by atoms with Gasteiger partial charge in [-0.25, -0.2) is 0 Å². The summed E-state index contributed by atoms with van der Waals surface area (Å²) in [6, 6.07) is 12.5. The highest BCUT2D eigenvalue weighted by molar-refractivity contribution is 7.99. The van der Waals surface area contributed by atoms with Crippen LogP contribution >= 0.6 is 11.8 Å². The minimum Gasteiger partial charge on any atom is -0.376 e. The lowest BCUT2D eigenvalue weighted by Gasteiger charge is -2.26. The fourth-order valence-electron chi connectivity index (χ4n) is 3.06. The number of thioether (sulfide) groups is 1. The minimum atomic E-state index is -4.41. The lowest BCUT2D eigenvalue weighted by Crippen LogP contribution is -2.34. The fraction of sp³-hybridized carbons (Fsp3) is 0.381. The molecule has 2 aromatic carbocycles. The van der Waals surface area contributed by atoms with E-state index in [9.17, 15) is 18.0 Å². The standard InChI is InChI=1S/C21H24F3N3OS/c22-21(23,24)17-2-1-3-19(14-17)25-15-20(28)26-18-6-4-16(5-7-18)8-9-27-10-12-29-13-11-27/h1-7,14,25H,8-13,15H2,(H,26,28). The predicted octanol–water partition coefficient (Wildman–Crippen LogP) is 4.35. The van der Waals surface area contributed by atoms with Gasteiger partial charge in [-0.2, -0.15) is 24.9 Å². The number of alkyl halides is 3. The molecule has 29 heavy (non-hydrogen) atoms. The van der Waals surface area contributed by atoms with Gasteiger partial charge in [0.15, 0.2) is 0 Å². The number of nitrogens with one attached hydrogen (secondary N) is 2. The van der Waals surface area contributed by atoms with Crippen molar-refractivity contribution in [3.8, 4) is 0 Å². The number of carbonyl (C=O) groups excluding carboxylic acids is 1. The van der Waals surface area contributed by atoms with E-state index in [4.69, 9.17) is 0 Å². The smallest absolute Gasteiger partial charge is 0.376 e. The zero-order chi connectivity index (χ0) is 20.7. The lowest BCUT2D eigenvalue weighted by atomic mass is 10.1. The molecule has 2 N–H and O–H groups in total. The van der Waals surface area contributed by atoms with Gasteiger partial charge in [-0.15, -0.1) is 0 Å². The Bertz CT molecular complexity index is 806. The van der Waals surface area contributed by atoms with Gasteiger partial charge in [-0.3, -0.25) is 4.79 Å². The van der Waals surface area contributed by atoms with Crippen molar-refractivity contribution in [1.29, 1.82) is 0 Å². The van der Waals surface area contributed by atoms with Crippen molar-refractivity contribution in [3.63, 3.8) is 0 Å². The van der Waals surface area contributed by atoms with Crippen LogP contribution in [-0.4, -0.2) is 48.5 Å². The summed E-state index contributed by atoms with van der Waals surface area (Å²) in [5.74, 6) is 2.07. The molecule has 1 amide bonds. The normalized spacial score (nSPS) is 15.1. The molecule has 156 valence electrons. The van der Waals surface area contributed by atoms with E-state index in [2.05, 4.69) is 15.5 Å². The van der Waals surface area contributed by atoms with Gasteiger partial charge >= 0.3 is 6.18 Å². The van der Waals surface area contributed by atoms with Gasteiger partial charge in [0.05, 0.1) is 12.1 Å². The SMILES string of the molecule is O=C(CNc1cccc(C(F)(F)F)c1)Nc1ccc(CCN2CCSCC2)cc1. The van der Waals surface area contributed by atoms with Crippen LogP contribution in [0.1, 0.15) is 11.1 Å². The van der Waals surface area contributed by atoms with Crippen molar-refractivity contribution in [1.82, 2.24) is 4.90 Å². The highest BCUT2D eigenvalue weighted by atomic mass is 32.2. The molecule has 0 aliphatic carbocycles. The molecule has 0 bridgehead atoms. The van der Waals surface area contributed by atoms with E-state index in [0.29, 0.717) is 5.69 Å². The first-order chi connectivity index (χ1) is 13.9. The second kappa shape index (κ2) is 10.0. The number of hydrogen-bond donors (Lipinski definition) is 2. The molecule has 0 saturated carbocycles. The Morgan fingerprint density at radius 2 is 1.76 bits per heavy atom. The highest BCUT2D eigenvalue weighted by Crippen LogP contribution is 2.30. The van der Waals surface area contributed by atoms with Crippen LogP contribution < -0.4 is 10.6 Å². The predicted molar refractivity (Wildman–Crippen MR) is 112 cm³/mol. The molecule has 8 heteroatoms. The molecule has 0 spiro atoms. The summed E-state index contributed by atoms with van der Waals surface area (Å²) in [6.45, 7) is 3.19. The van der Waals surface area contributed by atoms with Crippen LogP contribution in [0.15, 0.2) is 48.5 Å². The van der Waals surface area contributed by atoms with Crippen molar-refractivity contribution < 1.29 is 18.0 Å². The summed E-state index contributed by atoms with van der Waals surface area (Å²) in [4.78, 5) is 14.5. The van der Waals surface area contributed by atoms with E-state index in [1.54, 1.807) is 0 Å². The average Bonchev–Trinajstić information content (AvgIpc) is 2.72. The summed E-state index contributed by atoms with van der Waals surface area (Å²) < 4.78 is 38.2. The minimum absolute atomic E-state index is 0.115. The Labute approximate surface area is 172 Å². The quantitative estimate of drug-likeness (QED) is 0.695. The van der Waals surface area contributed by atoms with E-state index < -0.39 is 11.7 Å². The molecule has 0 radical (unpaired) electrons. The molecule has 1 aliphatic heterocycles. The van der Waals surface area contributed by atoms with Crippen LogP contribution in [0.25, 0.3) is 0 Å². The van der Waals surface area contributed by atoms with Crippen LogP contribution in [0.4, 0.5) is 24.5 Å². The molecule has 0 atom stereocenters. The number of amides is 1. The van der Waals surface area contributed by atoms with Crippen molar-refractivity contribution in [2.45, 2.75) is 12.6 Å². The van der Waals surface area contributed by atoms with Gasteiger partial charge in [0.25, 0.3) is 0 Å². The van der Waals surface area contributed by atoms with Crippen LogP contribution in [0.5, 0.6) is 0 Å². The summed E-state index contributed by atoms with van der Waals surface area (Å²) >= 11 is 2.00. The molecule has 1 aliphatic rings. The Morgan fingerprint density at radius 1 is 1.03 bits per heavy atom. The van der Waals surface area contributed by atoms with E-state index in [-0.39, 0.29) is 18.1 Å². The average molecular weight is 424 g/mol. The van der Waals surface area contributed by atoms with Gasteiger partial charge in [0.2, 0.25) is 5.91 Å². The number of halogens is 3. The maximum atomic E-state index is 12.7. The molecule has 4 nitrogen and oxygen atoms in total. The molecule has 1 fully saturated rings. The lowest BCUT2D eigenvalue weighted by molar-refractivity contribution is -0.137. The van der Waals surface area contributed by atoms with Crippen LogP contribution in [-0.2, 0) is 17.4 Å². The Kier molecular flexibility index (Phi) is 7.44. The Hall–Kier alpha value is -2.19. The Morgan fingerprint density at radius 3 is 2.45 bits per heavy atom. The number of benzene rings is 2. The first-order valence-electron chi connectivity index (χ1n) is 9.50. The number of hydrogen-bond acceptors (Lipinski definition) is 4. The number of nitrogens with zero attached hydrogens (tertiary/aromatic N) is 1. The van der Waals surface area contributed by atoms with Gasteiger partial charge in [-0.1, -0.05) is 18.2 Å². The zero-order valence-electron chi connectivity index (χ0n) is 16.0. The number of rotatable bonds is 7. The third-order valence-corrected chi connectivity index (χ3v) is 5.64. The third kappa shape index (κ3) is 6.97. The van der Waals surface area contributed by atoms with Crippen LogP contribution in [0, 0.1) is 0 Å². The van der Waals surface area contributed by atoms with E-state index in [1.165, 1.54) is 29.2 Å². The largest absolute Gasteiger partial charge is 0.416 e. The van der Waals surface area contributed by atoms with Crippen molar-refractivity contribution in [2.75, 3.05) is 48.3 Å². The van der Waals surface area contributed by atoms with Crippen LogP contribution in [0.3, 0.4) is 0 Å². The van der Waals surface area contributed by atoms with E-state index in [0.717, 1.165) is 38.2 Å². The molecule has 3 rings (SSSR count). The molecular formula is C21H24F3N3OS. The highest BCUT2D eigenvalue weighted by Gasteiger charge is 2.30. The number of carbonyl (C=O) groups is 1. The second-order valence-corrected chi connectivity index (χ2v) is 8.11. The van der Waals surface area contributed by atoms with E-state index >= 15 is 0 Å². The van der Waals surface area contributed by atoms with Gasteiger partial charge < -0.3 is 15.5 Å². The number of anilines is 2. The first-order valence-corrected chi connectivity index (χ1v) is 10.7. The molecule has 1 heterocycles. The zero-order valence-corrected chi connectivity index (χ0v) is 16.8. The summed E-state index contributed by atoms with van der Waals surface area (Å²) in [7, 11) is 0. The molecular weight excluding hydrogens is 399 g/mol. The molecule has 1 saturated heterocycles. The summed E-state index contributed by atoms with van der Waals surface area (Å²) in [6.07, 6.45) is -3.44. The van der Waals surface area contributed by atoms with Crippen molar-refractivity contribution >= 4 is 29.0 Å². The fourth-order valence-corrected chi connectivity index (χ4v) is 4.04. The maximum Gasteiger partial charge on any atom is 0.416 e. The molecule has 0 aromatic heterocycles.